The van der Waals surface area contributed by atoms with E-state index in [0.29, 0.717) is 12.8 Å². The van der Waals surface area contributed by atoms with Gasteiger partial charge in [0.1, 0.15) is 6.10 Å². The lowest BCUT2D eigenvalue weighted by Gasteiger charge is -2.27. The van der Waals surface area contributed by atoms with Crippen LogP contribution in [0.2, 0.25) is 0 Å². The molecule has 1 saturated carbocycles. The monoisotopic (exact) mass is 226 g/mol. The Morgan fingerprint density at radius 1 is 1.12 bits per heavy atom. The molecule has 16 heavy (non-hydrogen) atoms. The van der Waals surface area contributed by atoms with E-state index >= 15 is 0 Å². The van der Waals surface area contributed by atoms with E-state index in [0.717, 1.165) is 12.8 Å². The molecule has 0 saturated heterocycles. The standard InChI is InChI=1S/C13H16F2O/c14-13(15,11-8-2-1-3-9-11)12(16)10-6-4-5-7-10/h1-3,8-10,12,16H,4-7H2/t12-/m0/s1. The van der Waals surface area contributed by atoms with Crippen molar-refractivity contribution >= 4 is 0 Å². The van der Waals surface area contributed by atoms with Gasteiger partial charge in [-0.25, -0.2) is 0 Å². The van der Waals surface area contributed by atoms with E-state index in [4.69, 9.17) is 0 Å². The molecule has 1 N–H and O–H groups in total. The molecule has 1 fully saturated rings. The van der Waals surface area contributed by atoms with E-state index < -0.39 is 12.0 Å². The maximum atomic E-state index is 14.0. The first kappa shape index (κ1) is 11.5. The van der Waals surface area contributed by atoms with Crippen LogP contribution in [-0.4, -0.2) is 11.2 Å². The molecule has 1 nitrogen and oxygen atoms in total. The van der Waals surface area contributed by atoms with Gasteiger partial charge in [-0.05, 0) is 18.8 Å². The number of benzene rings is 1. The smallest absolute Gasteiger partial charge is 0.298 e. The number of aliphatic hydroxyl groups is 1. The first-order valence-electron chi connectivity index (χ1n) is 5.74. The minimum Gasteiger partial charge on any atom is -0.386 e. The van der Waals surface area contributed by atoms with Crippen LogP contribution in [-0.2, 0) is 5.92 Å². The average molecular weight is 226 g/mol. The summed E-state index contributed by atoms with van der Waals surface area (Å²) in [6.45, 7) is 0. The van der Waals surface area contributed by atoms with Crippen molar-refractivity contribution in [2.75, 3.05) is 0 Å². The van der Waals surface area contributed by atoms with E-state index in [2.05, 4.69) is 0 Å². The van der Waals surface area contributed by atoms with Crippen molar-refractivity contribution in [1.29, 1.82) is 0 Å². The van der Waals surface area contributed by atoms with Gasteiger partial charge in [0, 0.05) is 5.56 Å². The fourth-order valence-corrected chi connectivity index (χ4v) is 2.40. The fourth-order valence-electron chi connectivity index (χ4n) is 2.40. The molecule has 1 aromatic carbocycles. The molecular weight excluding hydrogens is 210 g/mol. The quantitative estimate of drug-likeness (QED) is 0.838. The van der Waals surface area contributed by atoms with Crippen molar-refractivity contribution in [2.45, 2.75) is 37.7 Å². The Bertz CT molecular complexity index is 331. The molecule has 3 heteroatoms. The van der Waals surface area contributed by atoms with Gasteiger partial charge in [-0.1, -0.05) is 43.2 Å². The van der Waals surface area contributed by atoms with Gasteiger partial charge in [-0.15, -0.1) is 0 Å². The van der Waals surface area contributed by atoms with Crippen molar-refractivity contribution in [3.05, 3.63) is 35.9 Å². The molecule has 1 aromatic rings. The molecule has 0 spiro atoms. The third kappa shape index (κ3) is 2.09. The van der Waals surface area contributed by atoms with Crippen LogP contribution >= 0.6 is 0 Å². The van der Waals surface area contributed by atoms with E-state index in [1.54, 1.807) is 18.2 Å². The highest BCUT2D eigenvalue weighted by atomic mass is 19.3. The molecular formula is C13H16F2O. The van der Waals surface area contributed by atoms with Crippen LogP contribution in [0.3, 0.4) is 0 Å². The molecule has 0 aliphatic heterocycles. The van der Waals surface area contributed by atoms with E-state index in [1.165, 1.54) is 12.1 Å². The van der Waals surface area contributed by atoms with Gasteiger partial charge in [0.15, 0.2) is 0 Å². The van der Waals surface area contributed by atoms with Gasteiger partial charge in [0.05, 0.1) is 0 Å². The third-order valence-electron chi connectivity index (χ3n) is 3.38. The Morgan fingerprint density at radius 3 is 2.25 bits per heavy atom. The van der Waals surface area contributed by atoms with E-state index in [9.17, 15) is 13.9 Å². The van der Waals surface area contributed by atoms with Gasteiger partial charge in [-0.2, -0.15) is 8.78 Å². The largest absolute Gasteiger partial charge is 0.386 e. The molecule has 1 atom stereocenters. The Balaban J connectivity index is 2.17. The van der Waals surface area contributed by atoms with Gasteiger partial charge < -0.3 is 5.11 Å². The van der Waals surface area contributed by atoms with Crippen LogP contribution in [0.4, 0.5) is 8.78 Å². The first-order valence-corrected chi connectivity index (χ1v) is 5.74. The topological polar surface area (TPSA) is 20.2 Å². The molecule has 0 unspecified atom stereocenters. The summed E-state index contributed by atoms with van der Waals surface area (Å²) in [6, 6.07) is 7.59. The third-order valence-corrected chi connectivity index (χ3v) is 3.38. The van der Waals surface area contributed by atoms with Crippen molar-refractivity contribution in [3.63, 3.8) is 0 Å². The molecule has 1 aliphatic rings. The number of halogens is 2. The van der Waals surface area contributed by atoms with E-state index in [1.807, 2.05) is 0 Å². The van der Waals surface area contributed by atoms with Crippen LogP contribution in [0.1, 0.15) is 31.2 Å². The normalized spacial score (nSPS) is 19.9. The van der Waals surface area contributed by atoms with Crippen molar-refractivity contribution in [3.8, 4) is 0 Å². The molecule has 0 amide bonds. The molecule has 0 aromatic heterocycles. The number of hydrogen-bond acceptors (Lipinski definition) is 1. The van der Waals surface area contributed by atoms with E-state index in [-0.39, 0.29) is 11.5 Å². The molecule has 0 bridgehead atoms. The second-order valence-electron chi connectivity index (χ2n) is 4.48. The summed E-state index contributed by atoms with van der Waals surface area (Å²) in [5.41, 5.74) is -0.0885. The predicted molar refractivity (Wildman–Crippen MR) is 58.3 cm³/mol. The van der Waals surface area contributed by atoms with Gasteiger partial charge >= 0.3 is 0 Å². The van der Waals surface area contributed by atoms with Crippen LogP contribution in [0.25, 0.3) is 0 Å². The maximum Gasteiger partial charge on any atom is 0.298 e. The predicted octanol–water partition coefficient (Wildman–Crippen LogP) is 3.33. The summed E-state index contributed by atoms with van der Waals surface area (Å²) in [5, 5.41) is 9.78. The van der Waals surface area contributed by atoms with Crippen molar-refractivity contribution in [2.24, 2.45) is 5.92 Å². The summed E-state index contributed by atoms with van der Waals surface area (Å²) in [6.07, 6.45) is 1.78. The minimum absolute atomic E-state index is 0.0885. The maximum absolute atomic E-state index is 14.0. The lowest BCUT2D eigenvalue weighted by Crippen LogP contribution is -2.36. The second-order valence-corrected chi connectivity index (χ2v) is 4.48. The summed E-state index contributed by atoms with van der Waals surface area (Å²) in [5.74, 6) is -3.38. The minimum atomic E-state index is -3.13. The Hall–Kier alpha value is -0.960. The first-order chi connectivity index (χ1) is 7.62. The molecule has 1 aliphatic carbocycles. The summed E-state index contributed by atoms with van der Waals surface area (Å²) >= 11 is 0. The van der Waals surface area contributed by atoms with Crippen LogP contribution < -0.4 is 0 Å². The summed E-state index contributed by atoms with van der Waals surface area (Å²) in [7, 11) is 0. The summed E-state index contributed by atoms with van der Waals surface area (Å²) in [4.78, 5) is 0. The number of alkyl halides is 2. The lowest BCUT2D eigenvalue weighted by molar-refractivity contribution is -0.137. The van der Waals surface area contributed by atoms with Gasteiger partial charge in [-0.3, -0.25) is 0 Å². The highest BCUT2D eigenvalue weighted by molar-refractivity contribution is 5.21. The second kappa shape index (κ2) is 4.50. The Kier molecular flexibility index (Phi) is 3.24. The highest BCUT2D eigenvalue weighted by Crippen LogP contribution is 2.40. The Labute approximate surface area is 94.1 Å². The zero-order valence-corrected chi connectivity index (χ0v) is 9.07. The average Bonchev–Trinajstić information content (AvgIpc) is 2.82. The SMILES string of the molecule is O[C@@H](C1CCCC1)C(F)(F)c1ccccc1. The van der Waals surface area contributed by atoms with Gasteiger partial charge in [0.25, 0.3) is 5.92 Å². The zero-order valence-electron chi connectivity index (χ0n) is 9.07. The number of aliphatic hydroxyl groups excluding tert-OH is 1. The zero-order chi connectivity index (χ0) is 11.6. The number of rotatable bonds is 3. The van der Waals surface area contributed by atoms with Crippen molar-refractivity contribution in [1.82, 2.24) is 0 Å². The molecule has 0 radical (unpaired) electrons. The van der Waals surface area contributed by atoms with Crippen LogP contribution in [0.5, 0.6) is 0 Å². The van der Waals surface area contributed by atoms with Crippen LogP contribution in [0.15, 0.2) is 30.3 Å². The van der Waals surface area contributed by atoms with Crippen molar-refractivity contribution < 1.29 is 13.9 Å². The molecule has 88 valence electrons. The fraction of sp³-hybridized carbons (Fsp3) is 0.538. The lowest BCUT2D eigenvalue weighted by atomic mass is 9.91. The Morgan fingerprint density at radius 2 is 1.69 bits per heavy atom. The van der Waals surface area contributed by atoms with Gasteiger partial charge in [0.2, 0.25) is 0 Å². The highest BCUT2D eigenvalue weighted by Gasteiger charge is 2.44. The number of hydrogen-bond donors (Lipinski definition) is 1. The molecule has 2 rings (SSSR count). The molecule has 0 heterocycles. The summed E-state index contributed by atoms with van der Waals surface area (Å²) < 4.78 is 27.9. The van der Waals surface area contributed by atoms with Crippen LogP contribution in [0, 0.1) is 5.92 Å².